The molecule has 0 atom stereocenters. The maximum atomic E-state index is 12.9. The summed E-state index contributed by atoms with van der Waals surface area (Å²) in [7, 11) is 0. The van der Waals surface area contributed by atoms with E-state index in [4.69, 9.17) is 5.73 Å². The van der Waals surface area contributed by atoms with Crippen LogP contribution in [-0.2, 0) is 6.54 Å². The van der Waals surface area contributed by atoms with E-state index in [-0.39, 0.29) is 11.5 Å². The van der Waals surface area contributed by atoms with Gasteiger partial charge in [-0.05, 0) is 30.7 Å². The summed E-state index contributed by atoms with van der Waals surface area (Å²) >= 11 is 0. The monoisotopic (exact) mass is 182 g/mol. The molecule has 0 saturated heterocycles. The highest BCUT2D eigenvalue weighted by Crippen LogP contribution is 2.11. The molecule has 0 saturated carbocycles. The van der Waals surface area contributed by atoms with E-state index in [9.17, 15) is 4.39 Å². The fraction of sp³-hybridized carbons (Fsp3) is 0.400. The lowest BCUT2D eigenvalue weighted by molar-refractivity contribution is 0.623. The highest BCUT2D eigenvalue weighted by atomic mass is 19.1. The summed E-state index contributed by atoms with van der Waals surface area (Å²) in [6.07, 6.45) is 1.08. The van der Waals surface area contributed by atoms with Crippen LogP contribution in [0.1, 0.15) is 18.9 Å². The van der Waals surface area contributed by atoms with E-state index in [0.29, 0.717) is 6.54 Å². The van der Waals surface area contributed by atoms with Crippen molar-refractivity contribution in [3.8, 4) is 0 Å². The molecule has 1 aromatic carbocycles. The molecule has 3 N–H and O–H groups in total. The van der Waals surface area contributed by atoms with Gasteiger partial charge in [-0.2, -0.15) is 0 Å². The van der Waals surface area contributed by atoms with Crippen LogP contribution in [0.5, 0.6) is 0 Å². The second-order valence-corrected chi connectivity index (χ2v) is 3.03. The van der Waals surface area contributed by atoms with Crippen LogP contribution in [0, 0.1) is 5.82 Å². The number of nitrogen functional groups attached to an aromatic ring is 1. The van der Waals surface area contributed by atoms with Gasteiger partial charge in [0.1, 0.15) is 5.82 Å². The highest BCUT2D eigenvalue weighted by molar-refractivity contribution is 5.41. The van der Waals surface area contributed by atoms with Crippen LogP contribution in [0.4, 0.5) is 10.1 Å². The predicted octanol–water partition coefficient (Wildman–Crippen LogP) is 1.91. The van der Waals surface area contributed by atoms with E-state index in [1.165, 1.54) is 6.07 Å². The third-order valence-corrected chi connectivity index (χ3v) is 1.82. The highest BCUT2D eigenvalue weighted by Gasteiger charge is 1.98. The van der Waals surface area contributed by atoms with Gasteiger partial charge in [0.15, 0.2) is 0 Å². The van der Waals surface area contributed by atoms with Crippen LogP contribution in [0.25, 0.3) is 0 Å². The van der Waals surface area contributed by atoms with E-state index in [0.717, 1.165) is 18.5 Å². The molecule has 0 amide bonds. The van der Waals surface area contributed by atoms with Gasteiger partial charge in [0.05, 0.1) is 5.69 Å². The molecule has 3 heteroatoms. The van der Waals surface area contributed by atoms with Crippen LogP contribution in [0.3, 0.4) is 0 Å². The van der Waals surface area contributed by atoms with Crippen molar-refractivity contribution in [3.05, 3.63) is 29.6 Å². The lowest BCUT2D eigenvalue weighted by Crippen LogP contribution is -2.13. The van der Waals surface area contributed by atoms with Gasteiger partial charge in [-0.25, -0.2) is 4.39 Å². The largest absolute Gasteiger partial charge is 0.396 e. The summed E-state index contributed by atoms with van der Waals surface area (Å²) in [5.41, 5.74) is 6.49. The fourth-order valence-corrected chi connectivity index (χ4v) is 1.09. The van der Waals surface area contributed by atoms with Gasteiger partial charge in [-0.15, -0.1) is 0 Å². The Balaban J connectivity index is 2.53. The van der Waals surface area contributed by atoms with Crippen molar-refractivity contribution in [3.63, 3.8) is 0 Å². The van der Waals surface area contributed by atoms with Gasteiger partial charge in [-0.3, -0.25) is 0 Å². The molecule has 0 fully saturated rings. The minimum absolute atomic E-state index is 0.208. The molecule has 0 spiro atoms. The van der Waals surface area contributed by atoms with Gasteiger partial charge in [-0.1, -0.05) is 13.0 Å². The summed E-state index contributed by atoms with van der Waals surface area (Å²) in [5, 5.41) is 3.19. The molecule has 0 bridgehead atoms. The first-order valence-electron chi connectivity index (χ1n) is 4.48. The Bertz CT molecular complexity index is 274. The Labute approximate surface area is 77.9 Å². The van der Waals surface area contributed by atoms with Crippen molar-refractivity contribution >= 4 is 5.69 Å². The molecule has 1 rings (SSSR count). The molecule has 0 aliphatic carbocycles. The topological polar surface area (TPSA) is 38.0 Å². The van der Waals surface area contributed by atoms with Gasteiger partial charge in [0.25, 0.3) is 0 Å². The zero-order valence-electron chi connectivity index (χ0n) is 7.81. The second-order valence-electron chi connectivity index (χ2n) is 3.03. The van der Waals surface area contributed by atoms with Crippen molar-refractivity contribution in [2.24, 2.45) is 0 Å². The van der Waals surface area contributed by atoms with E-state index in [1.54, 1.807) is 6.07 Å². The van der Waals surface area contributed by atoms with Crippen molar-refractivity contribution < 1.29 is 4.39 Å². The van der Waals surface area contributed by atoms with Crippen molar-refractivity contribution in [2.45, 2.75) is 19.9 Å². The molecule has 0 aliphatic rings. The number of hydrogen-bond donors (Lipinski definition) is 2. The maximum Gasteiger partial charge on any atom is 0.146 e. The van der Waals surface area contributed by atoms with E-state index in [2.05, 4.69) is 12.2 Å². The van der Waals surface area contributed by atoms with Gasteiger partial charge in [0.2, 0.25) is 0 Å². The predicted molar refractivity (Wildman–Crippen MR) is 52.8 cm³/mol. The summed E-state index contributed by atoms with van der Waals surface area (Å²) < 4.78 is 12.9. The SMILES string of the molecule is CCCNCc1ccc(N)c(F)c1. The number of anilines is 1. The quantitative estimate of drug-likeness (QED) is 0.551. The summed E-state index contributed by atoms with van der Waals surface area (Å²) in [4.78, 5) is 0. The average Bonchev–Trinajstić information content (AvgIpc) is 2.12. The Morgan fingerprint density at radius 2 is 2.23 bits per heavy atom. The van der Waals surface area contributed by atoms with Crippen LogP contribution in [-0.4, -0.2) is 6.54 Å². The minimum Gasteiger partial charge on any atom is -0.396 e. The molecule has 0 aliphatic heterocycles. The average molecular weight is 182 g/mol. The Morgan fingerprint density at radius 1 is 1.46 bits per heavy atom. The van der Waals surface area contributed by atoms with Crippen LogP contribution < -0.4 is 11.1 Å². The zero-order chi connectivity index (χ0) is 9.68. The molecule has 13 heavy (non-hydrogen) atoms. The third kappa shape index (κ3) is 3.03. The first kappa shape index (κ1) is 9.99. The van der Waals surface area contributed by atoms with Crippen LogP contribution in [0.15, 0.2) is 18.2 Å². The van der Waals surface area contributed by atoms with Crippen molar-refractivity contribution in [1.29, 1.82) is 0 Å². The van der Waals surface area contributed by atoms with Gasteiger partial charge >= 0.3 is 0 Å². The minimum atomic E-state index is -0.337. The number of hydrogen-bond acceptors (Lipinski definition) is 2. The second kappa shape index (κ2) is 4.82. The molecule has 1 aromatic rings. The first-order chi connectivity index (χ1) is 6.24. The maximum absolute atomic E-state index is 12.9. The molecule has 0 aromatic heterocycles. The first-order valence-corrected chi connectivity index (χ1v) is 4.48. The summed E-state index contributed by atoms with van der Waals surface area (Å²) in [5.74, 6) is -0.337. The summed E-state index contributed by atoms with van der Waals surface area (Å²) in [6.45, 7) is 3.74. The third-order valence-electron chi connectivity index (χ3n) is 1.82. The molecule has 72 valence electrons. The Kier molecular flexibility index (Phi) is 3.71. The molecule has 0 radical (unpaired) electrons. The van der Waals surface area contributed by atoms with E-state index < -0.39 is 0 Å². The number of rotatable bonds is 4. The van der Waals surface area contributed by atoms with Crippen molar-refractivity contribution in [2.75, 3.05) is 12.3 Å². The number of nitrogens with one attached hydrogen (secondary N) is 1. The standard InChI is InChI=1S/C10H15FN2/c1-2-5-13-7-8-3-4-10(12)9(11)6-8/h3-4,6,13H,2,5,7,12H2,1H3. The lowest BCUT2D eigenvalue weighted by Gasteiger charge is -2.04. The number of halogens is 1. The van der Waals surface area contributed by atoms with Gasteiger partial charge in [0, 0.05) is 6.54 Å². The molecular formula is C10H15FN2. The molecule has 0 heterocycles. The molecule has 0 unspecified atom stereocenters. The molecular weight excluding hydrogens is 167 g/mol. The van der Waals surface area contributed by atoms with E-state index >= 15 is 0 Å². The number of nitrogens with two attached hydrogens (primary N) is 1. The van der Waals surface area contributed by atoms with Crippen LogP contribution in [0.2, 0.25) is 0 Å². The fourth-order valence-electron chi connectivity index (χ4n) is 1.09. The van der Waals surface area contributed by atoms with Gasteiger partial charge < -0.3 is 11.1 Å². The molecule has 2 nitrogen and oxygen atoms in total. The lowest BCUT2D eigenvalue weighted by atomic mass is 10.2. The number of benzene rings is 1. The van der Waals surface area contributed by atoms with Crippen molar-refractivity contribution in [1.82, 2.24) is 5.32 Å². The Morgan fingerprint density at radius 3 is 2.85 bits per heavy atom. The van der Waals surface area contributed by atoms with Crippen LogP contribution >= 0.6 is 0 Å². The zero-order valence-corrected chi connectivity index (χ0v) is 7.81. The van der Waals surface area contributed by atoms with E-state index in [1.807, 2.05) is 6.07 Å². The smallest absolute Gasteiger partial charge is 0.146 e. The Hall–Kier alpha value is -1.09. The normalized spacial score (nSPS) is 10.3. The summed E-state index contributed by atoms with van der Waals surface area (Å²) in [6, 6.07) is 4.90.